The van der Waals surface area contributed by atoms with Crippen LogP contribution in [0.2, 0.25) is 0 Å². The van der Waals surface area contributed by atoms with E-state index in [1.54, 1.807) is 21.3 Å². The van der Waals surface area contributed by atoms with E-state index in [1.807, 2.05) is 30.3 Å². The zero-order valence-corrected chi connectivity index (χ0v) is 20.2. The SMILES string of the molecule is COc1cc(OC)c(CN([C@@H](C)CCCC2OCCO2)[C@@H](CO)c2ccccc2)c(OC)c1. The fourth-order valence-electron chi connectivity index (χ4n) is 4.39. The maximum absolute atomic E-state index is 10.4. The van der Waals surface area contributed by atoms with Gasteiger partial charge in [-0.25, -0.2) is 0 Å². The van der Waals surface area contributed by atoms with Crippen molar-refractivity contribution >= 4 is 0 Å². The van der Waals surface area contributed by atoms with Gasteiger partial charge in [0.2, 0.25) is 0 Å². The van der Waals surface area contributed by atoms with Crippen LogP contribution in [0.4, 0.5) is 0 Å². The lowest BCUT2D eigenvalue weighted by atomic mass is 9.99. The summed E-state index contributed by atoms with van der Waals surface area (Å²) >= 11 is 0. The van der Waals surface area contributed by atoms with Gasteiger partial charge in [0.25, 0.3) is 0 Å². The van der Waals surface area contributed by atoms with Crippen molar-refractivity contribution in [3.05, 3.63) is 53.6 Å². The van der Waals surface area contributed by atoms with E-state index in [4.69, 9.17) is 23.7 Å². The number of nitrogens with zero attached hydrogens (tertiary/aromatic N) is 1. The molecule has 0 amide bonds. The van der Waals surface area contributed by atoms with Gasteiger partial charge < -0.3 is 28.8 Å². The van der Waals surface area contributed by atoms with Crippen LogP contribution < -0.4 is 14.2 Å². The molecule has 0 aliphatic carbocycles. The molecule has 1 aliphatic rings. The lowest BCUT2D eigenvalue weighted by Crippen LogP contribution is -2.38. The van der Waals surface area contributed by atoms with Gasteiger partial charge in [0.1, 0.15) is 17.2 Å². The van der Waals surface area contributed by atoms with Gasteiger partial charge in [-0.3, -0.25) is 4.90 Å². The Kier molecular flexibility index (Phi) is 9.81. The van der Waals surface area contributed by atoms with E-state index in [0.717, 1.165) is 30.4 Å². The Bertz CT molecular complexity index is 815. The van der Waals surface area contributed by atoms with Gasteiger partial charge in [0.05, 0.1) is 52.8 Å². The van der Waals surface area contributed by atoms with E-state index < -0.39 is 0 Å². The van der Waals surface area contributed by atoms with Gasteiger partial charge in [-0.15, -0.1) is 0 Å². The number of rotatable bonds is 13. The molecule has 0 unspecified atom stereocenters. The van der Waals surface area contributed by atoms with E-state index in [9.17, 15) is 5.11 Å². The van der Waals surface area contributed by atoms with E-state index in [1.165, 1.54) is 0 Å². The molecule has 3 rings (SSSR count). The summed E-state index contributed by atoms with van der Waals surface area (Å²) in [5.41, 5.74) is 1.99. The molecule has 1 saturated heterocycles. The normalized spacial score (nSPS) is 16.1. The first-order valence-corrected chi connectivity index (χ1v) is 11.5. The molecule has 1 aliphatic heterocycles. The predicted octanol–water partition coefficient (Wildman–Crippen LogP) is 4.18. The summed E-state index contributed by atoms with van der Waals surface area (Å²) in [5, 5.41) is 10.4. The molecule has 33 heavy (non-hydrogen) atoms. The first kappa shape index (κ1) is 25.3. The maximum atomic E-state index is 10.4. The summed E-state index contributed by atoms with van der Waals surface area (Å²) < 4.78 is 28.0. The maximum Gasteiger partial charge on any atom is 0.157 e. The van der Waals surface area contributed by atoms with E-state index in [0.29, 0.717) is 37.0 Å². The Hall–Kier alpha value is -2.32. The minimum absolute atomic E-state index is 0.00395. The molecule has 0 radical (unpaired) electrons. The van der Waals surface area contributed by atoms with Gasteiger partial charge in [-0.1, -0.05) is 30.3 Å². The molecule has 1 N–H and O–H groups in total. The van der Waals surface area contributed by atoms with Crippen molar-refractivity contribution in [1.29, 1.82) is 0 Å². The van der Waals surface area contributed by atoms with E-state index >= 15 is 0 Å². The van der Waals surface area contributed by atoms with Crippen LogP contribution in [0, 0.1) is 0 Å². The monoisotopic (exact) mass is 459 g/mol. The van der Waals surface area contributed by atoms with Crippen LogP contribution in [0.1, 0.15) is 43.4 Å². The molecule has 0 spiro atoms. The summed E-state index contributed by atoms with van der Waals surface area (Å²) in [6.45, 7) is 4.09. The van der Waals surface area contributed by atoms with Crippen molar-refractivity contribution in [2.45, 2.75) is 51.1 Å². The number of hydrogen-bond donors (Lipinski definition) is 1. The van der Waals surface area contributed by atoms with Crippen molar-refractivity contribution in [2.75, 3.05) is 41.2 Å². The Morgan fingerprint density at radius 2 is 1.64 bits per heavy atom. The van der Waals surface area contributed by atoms with Crippen LogP contribution in [-0.2, 0) is 16.0 Å². The van der Waals surface area contributed by atoms with Crippen LogP contribution in [0.5, 0.6) is 17.2 Å². The van der Waals surface area contributed by atoms with Crippen molar-refractivity contribution in [1.82, 2.24) is 4.90 Å². The summed E-state index contributed by atoms with van der Waals surface area (Å²) in [4.78, 5) is 2.32. The first-order chi connectivity index (χ1) is 16.1. The average Bonchev–Trinajstić information content (AvgIpc) is 3.37. The minimum atomic E-state index is -0.170. The third-order valence-electron chi connectivity index (χ3n) is 6.23. The molecule has 0 saturated carbocycles. The molecule has 2 atom stereocenters. The standard InChI is InChI=1S/C26H37NO6/c1-19(9-8-12-26-32-13-14-33-26)27(23(18-28)20-10-6-5-7-11-20)17-22-24(30-3)15-21(29-2)16-25(22)31-4/h5-7,10-11,15-16,19,23,26,28H,8-9,12-14,17-18H2,1-4H3/t19-,23-/m0/s1. The first-order valence-electron chi connectivity index (χ1n) is 11.5. The van der Waals surface area contributed by atoms with E-state index in [2.05, 4.69) is 24.0 Å². The quantitative estimate of drug-likeness (QED) is 0.482. The summed E-state index contributed by atoms with van der Waals surface area (Å²) in [5.74, 6) is 2.06. The third kappa shape index (κ3) is 6.60. The van der Waals surface area contributed by atoms with Gasteiger partial charge in [0, 0.05) is 24.7 Å². The van der Waals surface area contributed by atoms with Crippen molar-refractivity contribution < 1.29 is 28.8 Å². The van der Waals surface area contributed by atoms with Gasteiger partial charge >= 0.3 is 0 Å². The highest BCUT2D eigenvalue weighted by Crippen LogP contribution is 2.37. The molecule has 7 heteroatoms. The second kappa shape index (κ2) is 12.8. The molecule has 0 bridgehead atoms. The number of benzene rings is 2. The summed E-state index contributed by atoms with van der Waals surface area (Å²) in [6.07, 6.45) is 2.66. The third-order valence-corrected chi connectivity index (χ3v) is 6.23. The van der Waals surface area contributed by atoms with Gasteiger partial charge in [-0.2, -0.15) is 0 Å². The minimum Gasteiger partial charge on any atom is -0.496 e. The number of aliphatic hydroxyl groups excluding tert-OH is 1. The Morgan fingerprint density at radius 3 is 2.18 bits per heavy atom. The topological polar surface area (TPSA) is 69.6 Å². The second-order valence-electron chi connectivity index (χ2n) is 8.24. The zero-order chi connectivity index (χ0) is 23.6. The molecule has 1 fully saturated rings. The molecule has 182 valence electrons. The number of aliphatic hydroxyl groups is 1. The highest BCUT2D eigenvalue weighted by molar-refractivity contribution is 5.50. The van der Waals surface area contributed by atoms with Crippen LogP contribution >= 0.6 is 0 Å². The summed E-state index contributed by atoms with van der Waals surface area (Å²) in [7, 11) is 4.92. The molecular weight excluding hydrogens is 422 g/mol. The molecular formula is C26H37NO6. The van der Waals surface area contributed by atoms with Crippen LogP contribution in [0.3, 0.4) is 0 Å². The lowest BCUT2D eigenvalue weighted by Gasteiger charge is -2.37. The van der Waals surface area contributed by atoms with Crippen molar-refractivity contribution in [3.63, 3.8) is 0 Å². The molecule has 7 nitrogen and oxygen atoms in total. The highest BCUT2D eigenvalue weighted by atomic mass is 16.7. The van der Waals surface area contributed by atoms with Crippen LogP contribution in [0.15, 0.2) is 42.5 Å². The Morgan fingerprint density at radius 1 is 1.00 bits per heavy atom. The van der Waals surface area contributed by atoms with Crippen molar-refractivity contribution in [3.8, 4) is 17.2 Å². The molecule has 0 aromatic heterocycles. The largest absolute Gasteiger partial charge is 0.496 e. The molecule has 1 heterocycles. The fourth-order valence-corrected chi connectivity index (χ4v) is 4.39. The Labute approximate surface area is 197 Å². The summed E-state index contributed by atoms with van der Waals surface area (Å²) in [6, 6.07) is 13.9. The van der Waals surface area contributed by atoms with Crippen LogP contribution in [-0.4, -0.2) is 63.5 Å². The number of ether oxygens (including phenoxy) is 5. The fraction of sp³-hybridized carbons (Fsp3) is 0.538. The number of methoxy groups -OCH3 is 3. The van der Waals surface area contributed by atoms with Crippen molar-refractivity contribution in [2.24, 2.45) is 0 Å². The molecule has 2 aromatic carbocycles. The Balaban J connectivity index is 1.87. The van der Waals surface area contributed by atoms with Gasteiger partial charge in [0.15, 0.2) is 6.29 Å². The van der Waals surface area contributed by atoms with Gasteiger partial charge in [-0.05, 0) is 31.7 Å². The number of hydrogen-bond acceptors (Lipinski definition) is 7. The van der Waals surface area contributed by atoms with E-state index in [-0.39, 0.29) is 25.0 Å². The van der Waals surface area contributed by atoms with Crippen LogP contribution in [0.25, 0.3) is 0 Å². The smallest absolute Gasteiger partial charge is 0.157 e. The highest BCUT2D eigenvalue weighted by Gasteiger charge is 2.28. The average molecular weight is 460 g/mol. The molecule has 2 aromatic rings. The zero-order valence-electron chi connectivity index (χ0n) is 20.2. The lowest BCUT2D eigenvalue weighted by molar-refractivity contribution is -0.0493. The second-order valence-corrected chi connectivity index (χ2v) is 8.24. The predicted molar refractivity (Wildman–Crippen MR) is 127 cm³/mol.